The van der Waals surface area contributed by atoms with Gasteiger partial charge in [-0.15, -0.1) is 0 Å². The maximum Gasteiger partial charge on any atom is 0.414 e. The standard InChI is InChI=1S/C18H21Cl2FN2O3/c19-16(20)17(24)22-9-13-10-23(18(25)26-13)12-6-7-14(15(21)8-12)11-4-2-1-3-5-11/h6-8,11,13,16H,1-5,9-10H2,(H,22,24). The molecule has 1 N–H and O–H groups in total. The second kappa shape index (κ2) is 8.44. The molecule has 2 fully saturated rings. The van der Waals surface area contributed by atoms with Crippen LogP contribution in [0.3, 0.4) is 0 Å². The zero-order valence-electron chi connectivity index (χ0n) is 14.2. The van der Waals surface area contributed by atoms with E-state index < -0.39 is 22.9 Å². The number of ether oxygens (including phenoxy) is 1. The van der Waals surface area contributed by atoms with Crippen LogP contribution in [0.4, 0.5) is 14.9 Å². The Morgan fingerprint density at radius 1 is 1.31 bits per heavy atom. The van der Waals surface area contributed by atoms with Gasteiger partial charge >= 0.3 is 6.09 Å². The minimum Gasteiger partial charge on any atom is -0.442 e. The van der Waals surface area contributed by atoms with Gasteiger partial charge in [-0.25, -0.2) is 9.18 Å². The van der Waals surface area contributed by atoms with Gasteiger partial charge in [0.05, 0.1) is 18.8 Å². The summed E-state index contributed by atoms with van der Waals surface area (Å²) < 4.78 is 19.8. The fourth-order valence-electron chi connectivity index (χ4n) is 3.56. The third-order valence-electron chi connectivity index (χ3n) is 4.92. The Balaban J connectivity index is 1.64. The number of alkyl halides is 2. The number of anilines is 1. The predicted molar refractivity (Wildman–Crippen MR) is 98.3 cm³/mol. The summed E-state index contributed by atoms with van der Waals surface area (Å²) in [6.07, 6.45) is 4.37. The lowest BCUT2D eigenvalue weighted by atomic mass is 9.84. The van der Waals surface area contributed by atoms with Gasteiger partial charge < -0.3 is 10.1 Å². The largest absolute Gasteiger partial charge is 0.442 e. The first-order valence-corrected chi connectivity index (χ1v) is 9.66. The van der Waals surface area contributed by atoms with Crippen molar-refractivity contribution in [3.8, 4) is 0 Å². The number of halogens is 3. The fraction of sp³-hybridized carbons (Fsp3) is 0.556. The highest BCUT2D eigenvalue weighted by atomic mass is 35.5. The van der Waals surface area contributed by atoms with Crippen LogP contribution in [0.1, 0.15) is 43.6 Å². The van der Waals surface area contributed by atoms with Crippen molar-refractivity contribution in [3.05, 3.63) is 29.6 Å². The molecular formula is C18H21Cl2FN2O3. The Hall–Kier alpha value is -1.53. The zero-order chi connectivity index (χ0) is 18.7. The average molecular weight is 403 g/mol. The van der Waals surface area contributed by atoms with E-state index in [0.29, 0.717) is 5.69 Å². The highest BCUT2D eigenvalue weighted by Gasteiger charge is 2.33. The first kappa shape index (κ1) is 19.2. The second-order valence-electron chi connectivity index (χ2n) is 6.70. The van der Waals surface area contributed by atoms with E-state index in [-0.39, 0.29) is 24.8 Å². The highest BCUT2D eigenvalue weighted by molar-refractivity contribution is 6.53. The first-order chi connectivity index (χ1) is 12.5. The van der Waals surface area contributed by atoms with E-state index in [1.54, 1.807) is 12.1 Å². The molecule has 1 aromatic rings. The molecule has 0 spiro atoms. The van der Waals surface area contributed by atoms with Gasteiger partial charge in [-0.3, -0.25) is 9.69 Å². The quantitative estimate of drug-likeness (QED) is 0.753. The molecule has 3 rings (SSSR count). The summed E-state index contributed by atoms with van der Waals surface area (Å²) in [5.74, 6) is -0.581. The summed E-state index contributed by atoms with van der Waals surface area (Å²) in [5.41, 5.74) is 1.17. The van der Waals surface area contributed by atoms with Gasteiger partial charge in [-0.2, -0.15) is 0 Å². The molecule has 0 aromatic heterocycles. The Kier molecular flexibility index (Phi) is 6.24. The number of carbonyl (C=O) groups excluding carboxylic acids is 2. The summed E-state index contributed by atoms with van der Waals surface area (Å²) in [7, 11) is 0. The van der Waals surface area contributed by atoms with Crippen molar-refractivity contribution in [2.24, 2.45) is 0 Å². The lowest BCUT2D eigenvalue weighted by Crippen LogP contribution is -2.37. The average Bonchev–Trinajstić information content (AvgIpc) is 3.01. The topological polar surface area (TPSA) is 58.6 Å². The molecule has 1 atom stereocenters. The smallest absolute Gasteiger partial charge is 0.414 e. The Morgan fingerprint density at radius 3 is 2.69 bits per heavy atom. The molecule has 1 unspecified atom stereocenters. The molecule has 2 aliphatic rings. The number of hydrogen-bond acceptors (Lipinski definition) is 3. The molecule has 0 radical (unpaired) electrons. The van der Waals surface area contributed by atoms with E-state index in [0.717, 1.165) is 31.2 Å². The SMILES string of the molecule is O=C(NCC1CN(c2ccc(C3CCCCC3)c(F)c2)C(=O)O1)C(Cl)Cl. The van der Waals surface area contributed by atoms with Crippen molar-refractivity contribution in [2.75, 3.05) is 18.0 Å². The summed E-state index contributed by atoms with van der Waals surface area (Å²) in [4.78, 5) is 23.7. The fourth-order valence-corrected chi connectivity index (χ4v) is 3.71. The summed E-state index contributed by atoms with van der Waals surface area (Å²) in [5, 5.41) is 2.50. The van der Waals surface area contributed by atoms with Crippen LogP contribution in [0.25, 0.3) is 0 Å². The number of benzene rings is 1. The predicted octanol–water partition coefficient (Wildman–Crippen LogP) is 4.12. The summed E-state index contributed by atoms with van der Waals surface area (Å²) in [6, 6.07) is 4.91. The molecule has 142 valence electrons. The molecule has 1 aliphatic carbocycles. The van der Waals surface area contributed by atoms with Crippen LogP contribution in [0.5, 0.6) is 0 Å². The van der Waals surface area contributed by atoms with Gasteiger partial charge in [0.2, 0.25) is 0 Å². The van der Waals surface area contributed by atoms with Gasteiger partial charge in [0.1, 0.15) is 11.9 Å². The Bertz CT molecular complexity index is 680. The van der Waals surface area contributed by atoms with Crippen LogP contribution in [-0.4, -0.2) is 36.0 Å². The molecule has 8 heteroatoms. The third kappa shape index (κ3) is 4.41. The second-order valence-corrected chi connectivity index (χ2v) is 7.80. The van der Waals surface area contributed by atoms with Crippen LogP contribution in [-0.2, 0) is 9.53 Å². The van der Waals surface area contributed by atoms with Crippen molar-refractivity contribution in [1.29, 1.82) is 0 Å². The number of carbonyl (C=O) groups is 2. The van der Waals surface area contributed by atoms with Gasteiger partial charge in [-0.1, -0.05) is 48.5 Å². The number of rotatable bonds is 5. The molecular weight excluding hydrogens is 382 g/mol. The molecule has 5 nitrogen and oxygen atoms in total. The van der Waals surface area contributed by atoms with Crippen LogP contribution in [0.2, 0.25) is 0 Å². The summed E-state index contributed by atoms with van der Waals surface area (Å²) >= 11 is 10.9. The van der Waals surface area contributed by atoms with Gasteiger partial charge in [-0.05, 0) is 36.5 Å². The van der Waals surface area contributed by atoms with Gasteiger partial charge in [0.15, 0.2) is 4.84 Å². The highest BCUT2D eigenvalue weighted by Crippen LogP contribution is 2.35. The minimum atomic E-state index is -1.18. The number of cyclic esters (lactones) is 1. The van der Waals surface area contributed by atoms with Crippen molar-refractivity contribution in [3.63, 3.8) is 0 Å². The maximum absolute atomic E-state index is 14.6. The van der Waals surface area contributed by atoms with Crippen molar-refractivity contribution in [2.45, 2.75) is 49.0 Å². The van der Waals surface area contributed by atoms with E-state index in [2.05, 4.69) is 5.32 Å². The van der Waals surface area contributed by atoms with Gasteiger partial charge in [0, 0.05) is 0 Å². The molecule has 1 heterocycles. The van der Waals surface area contributed by atoms with Crippen molar-refractivity contribution >= 4 is 40.9 Å². The zero-order valence-corrected chi connectivity index (χ0v) is 15.7. The normalized spacial score (nSPS) is 21.2. The maximum atomic E-state index is 14.6. The molecule has 1 saturated heterocycles. The van der Waals surface area contributed by atoms with Crippen molar-refractivity contribution < 1.29 is 18.7 Å². The number of amides is 2. The minimum absolute atomic E-state index is 0.0969. The number of nitrogens with zero attached hydrogens (tertiary/aromatic N) is 1. The van der Waals surface area contributed by atoms with Crippen LogP contribution >= 0.6 is 23.2 Å². The molecule has 1 aromatic carbocycles. The Morgan fingerprint density at radius 2 is 2.04 bits per heavy atom. The van der Waals surface area contributed by atoms with Crippen LogP contribution in [0, 0.1) is 5.82 Å². The molecule has 1 saturated carbocycles. The lowest BCUT2D eigenvalue weighted by molar-refractivity contribution is -0.119. The number of hydrogen-bond donors (Lipinski definition) is 1. The molecule has 0 bridgehead atoms. The van der Waals surface area contributed by atoms with E-state index >= 15 is 0 Å². The van der Waals surface area contributed by atoms with E-state index in [1.165, 1.54) is 17.4 Å². The van der Waals surface area contributed by atoms with Crippen molar-refractivity contribution in [1.82, 2.24) is 5.32 Å². The first-order valence-electron chi connectivity index (χ1n) is 8.79. The monoisotopic (exact) mass is 402 g/mol. The van der Waals surface area contributed by atoms with E-state index in [9.17, 15) is 14.0 Å². The van der Waals surface area contributed by atoms with Crippen LogP contribution in [0.15, 0.2) is 18.2 Å². The molecule has 26 heavy (non-hydrogen) atoms. The van der Waals surface area contributed by atoms with E-state index in [4.69, 9.17) is 27.9 Å². The number of nitrogens with one attached hydrogen (secondary N) is 1. The Labute approximate surface area is 161 Å². The van der Waals surface area contributed by atoms with E-state index in [1.807, 2.05) is 0 Å². The molecule has 1 aliphatic heterocycles. The lowest BCUT2D eigenvalue weighted by Gasteiger charge is -2.23. The summed E-state index contributed by atoms with van der Waals surface area (Å²) in [6.45, 7) is 0.316. The van der Waals surface area contributed by atoms with Gasteiger partial charge in [0.25, 0.3) is 5.91 Å². The molecule has 2 amide bonds. The van der Waals surface area contributed by atoms with Crippen LogP contribution < -0.4 is 10.2 Å². The third-order valence-corrected chi connectivity index (χ3v) is 5.31.